The van der Waals surface area contributed by atoms with Crippen LogP contribution in [0.1, 0.15) is 40.0 Å². The van der Waals surface area contributed by atoms with Gasteiger partial charge in [0.05, 0.1) is 0 Å². The monoisotopic (exact) mass is 255 g/mol. The molecule has 108 valence electrons. The number of rotatable bonds is 6. The number of likely N-dealkylation sites (N-methyl/N-ethyl adjacent to an activating group) is 2. The molecular formula is C15H33N3. The van der Waals surface area contributed by atoms with Gasteiger partial charge in [-0.3, -0.25) is 4.90 Å². The minimum Gasteiger partial charge on any atom is -0.327 e. The van der Waals surface area contributed by atoms with Gasteiger partial charge in [-0.05, 0) is 58.7 Å². The van der Waals surface area contributed by atoms with E-state index < -0.39 is 0 Å². The summed E-state index contributed by atoms with van der Waals surface area (Å²) in [4.78, 5) is 4.87. The van der Waals surface area contributed by atoms with Crippen molar-refractivity contribution in [1.29, 1.82) is 0 Å². The van der Waals surface area contributed by atoms with Crippen molar-refractivity contribution in [3.05, 3.63) is 0 Å². The molecule has 0 heterocycles. The highest BCUT2D eigenvalue weighted by Crippen LogP contribution is 2.28. The summed E-state index contributed by atoms with van der Waals surface area (Å²) >= 11 is 0. The van der Waals surface area contributed by atoms with Crippen LogP contribution in [-0.4, -0.2) is 55.6 Å². The lowest BCUT2D eigenvalue weighted by Gasteiger charge is -2.38. The van der Waals surface area contributed by atoms with Crippen LogP contribution in [0.15, 0.2) is 0 Å². The summed E-state index contributed by atoms with van der Waals surface area (Å²) in [5.41, 5.74) is 6.31. The molecule has 1 aliphatic rings. The summed E-state index contributed by atoms with van der Waals surface area (Å²) in [5, 5.41) is 0. The molecular weight excluding hydrogens is 222 g/mol. The van der Waals surface area contributed by atoms with E-state index in [0.717, 1.165) is 19.0 Å². The van der Waals surface area contributed by atoms with Gasteiger partial charge in [-0.25, -0.2) is 0 Å². The predicted octanol–water partition coefficient (Wildman–Crippen LogP) is 2.02. The van der Waals surface area contributed by atoms with Crippen LogP contribution in [0.5, 0.6) is 0 Å². The highest BCUT2D eigenvalue weighted by Gasteiger charge is 2.28. The standard InChI is InChI=1S/C15H33N3/c1-6-18(13(3)10-17(4)5)11-14-9-12(2)7-8-15(14)16/h12-15H,6-11,16H2,1-5H3. The van der Waals surface area contributed by atoms with Gasteiger partial charge in [-0.2, -0.15) is 0 Å². The smallest absolute Gasteiger partial charge is 0.0194 e. The predicted molar refractivity (Wildman–Crippen MR) is 79.7 cm³/mol. The van der Waals surface area contributed by atoms with Crippen molar-refractivity contribution >= 4 is 0 Å². The molecule has 0 aromatic rings. The zero-order valence-corrected chi connectivity index (χ0v) is 13.0. The summed E-state index contributed by atoms with van der Waals surface area (Å²) < 4.78 is 0. The van der Waals surface area contributed by atoms with Crippen LogP contribution in [0.25, 0.3) is 0 Å². The van der Waals surface area contributed by atoms with E-state index in [1.807, 2.05) is 0 Å². The van der Waals surface area contributed by atoms with E-state index in [2.05, 4.69) is 44.7 Å². The molecule has 0 aromatic heterocycles. The molecule has 4 unspecified atom stereocenters. The lowest BCUT2D eigenvalue weighted by molar-refractivity contribution is 0.121. The second kappa shape index (κ2) is 7.46. The number of nitrogens with zero attached hydrogens (tertiary/aromatic N) is 2. The Kier molecular flexibility index (Phi) is 6.61. The molecule has 3 heteroatoms. The van der Waals surface area contributed by atoms with Gasteiger partial charge in [0, 0.05) is 25.2 Å². The Morgan fingerprint density at radius 3 is 2.50 bits per heavy atom. The van der Waals surface area contributed by atoms with E-state index in [1.165, 1.54) is 25.8 Å². The van der Waals surface area contributed by atoms with Crippen LogP contribution in [0, 0.1) is 11.8 Å². The topological polar surface area (TPSA) is 32.5 Å². The Bertz CT molecular complexity index is 230. The van der Waals surface area contributed by atoms with Gasteiger partial charge in [0.1, 0.15) is 0 Å². The molecule has 1 rings (SSSR count). The van der Waals surface area contributed by atoms with Gasteiger partial charge in [0.25, 0.3) is 0 Å². The van der Waals surface area contributed by atoms with Crippen LogP contribution in [0.2, 0.25) is 0 Å². The van der Waals surface area contributed by atoms with Crippen molar-refractivity contribution in [2.45, 2.75) is 52.1 Å². The zero-order chi connectivity index (χ0) is 13.7. The maximum absolute atomic E-state index is 6.31. The quantitative estimate of drug-likeness (QED) is 0.788. The minimum atomic E-state index is 0.418. The van der Waals surface area contributed by atoms with Crippen molar-refractivity contribution in [3.8, 4) is 0 Å². The summed E-state index contributed by atoms with van der Waals surface area (Å²) in [6.45, 7) is 10.4. The maximum atomic E-state index is 6.31. The number of nitrogens with two attached hydrogens (primary N) is 1. The third-order valence-corrected chi connectivity index (χ3v) is 4.43. The van der Waals surface area contributed by atoms with E-state index in [4.69, 9.17) is 5.73 Å². The Labute approximate surface area is 114 Å². The highest BCUT2D eigenvalue weighted by atomic mass is 15.2. The van der Waals surface area contributed by atoms with Crippen molar-refractivity contribution < 1.29 is 0 Å². The van der Waals surface area contributed by atoms with Crippen molar-refractivity contribution in [2.24, 2.45) is 17.6 Å². The fourth-order valence-corrected chi connectivity index (χ4v) is 3.30. The molecule has 1 aliphatic carbocycles. The van der Waals surface area contributed by atoms with Gasteiger partial charge >= 0.3 is 0 Å². The van der Waals surface area contributed by atoms with Crippen LogP contribution in [-0.2, 0) is 0 Å². The maximum Gasteiger partial charge on any atom is 0.0194 e. The van der Waals surface area contributed by atoms with Gasteiger partial charge < -0.3 is 10.6 Å². The fourth-order valence-electron chi connectivity index (χ4n) is 3.30. The molecule has 0 aliphatic heterocycles. The van der Waals surface area contributed by atoms with E-state index in [-0.39, 0.29) is 0 Å². The van der Waals surface area contributed by atoms with Gasteiger partial charge in [0.2, 0.25) is 0 Å². The van der Waals surface area contributed by atoms with Crippen LogP contribution < -0.4 is 5.73 Å². The molecule has 0 aromatic carbocycles. The number of hydrogen-bond acceptors (Lipinski definition) is 3. The summed E-state index contributed by atoms with van der Waals surface area (Å²) in [6.07, 6.45) is 3.84. The van der Waals surface area contributed by atoms with Crippen LogP contribution in [0.3, 0.4) is 0 Å². The fraction of sp³-hybridized carbons (Fsp3) is 1.00. The van der Waals surface area contributed by atoms with Crippen LogP contribution in [0.4, 0.5) is 0 Å². The molecule has 4 atom stereocenters. The molecule has 0 radical (unpaired) electrons. The Morgan fingerprint density at radius 1 is 1.28 bits per heavy atom. The summed E-state index contributed by atoms with van der Waals surface area (Å²) in [5.74, 6) is 1.55. The van der Waals surface area contributed by atoms with Crippen molar-refractivity contribution in [2.75, 3.05) is 33.7 Å². The summed E-state index contributed by atoms with van der Waals surface area (Å²) in [7, 11) is 4.30. The first-order chi connectivity index (χ1) is 8.43. The molecule has 0 spiro atoms. The lowest BCUT2D eigenvalue weighted by Crippen LogP contribution is -2.47. The molecule has 1 fully saturated rings. The lowest BCUT2D eigenvalue weighted by atomic mass is 9.79. The Morgan fingerprint density at radius 2 is 1.94 bits per heavy atom. The first-order valence-electron chi connectivity index (χ1n) is 7.58. The average Bonchev–Trinajstić information content (AvgIpc) is 2.29. The highest BCUT2D eigenvalue weighted by molar-refractivity contribution is 4.84. The largest absolute Gasteiger partial charge is 0.327 e. The molecule has 18 heavy (non-hydrogen) atoms. The van der Waals surface area contributed by atoms with Crippen LogP contribution >= 0.6 is 0 Å². The van der Waals surface area contributed by atoms with Crippen molar-refractivity contribution in [1.82, 2.24) is 9.80 Å². The van der Waals surface area contributed by atoms with Crippen molar-refractivity contribution in [3.63, 3.8) is 0 Å². The third kappa shape index (κ3) is 4.87. The van der Waals surface area contributed by atoms with E-state index >= 15 is 0 Å². The van der Waals surface area contributed by atoms with E-state index in [1.54, 1.807) is 0 Å². The summed E-state index contributed by atoms with van der Waals surface area (Å²) in [6, 6.07) is 1.04. The Hall–Kier alpha value is -0.120. The molecule has 0 bridgehead atoms. The third-order valence-electron chi connectivity index (χ3n) is 4.43. The molecule has 0 saturated heterocycles. The molecule has 3 nitrogen and oxygen atoms in total. The van der Waals surface area contributed by atoms with Gasteiger partial charge in [-0.15, -0.1) is 0 Å². The average molecular weight is 255 g/mol. The second-order valence-electron chi connectivity index (χ2n) is 6.54. The SMILES string of the molecule is CCN(CC1CC(C)CCC1N)C(C)CN(C)C. The van der Waals surface area contributed by atoms with E-state index in [9.17, 15) is 0 Å². The van der Waals surface area contributed by atoms with Gasteiger partial charge in [-0.1, -0.05) is 13.8 Å². The van der Waals surface area contributed by atoms with Gasteiger partial charge in [0.15, 0.2) is 0 Å². The second-order valence-corrected chi connectivity index (χ2v) is 6.54. The first kappa shape index (κ1) is 15.9. The zero-order valence-electron chi connectivity index (χ0n) is 13.0. The first-order valence-corrected chi connectivity index (χ1v) is 7.58. The normalized spacial score (nSPS) is 31.0. The minimum absolute atomic E-state index is 0.418. The molecule has 1 saturated carbocycles. The molecule has 2 N–H and O–H groups in total. The molecule has 0 amide bonds. The Balaban J connectivity index is 2.50. The number of hydrogen-bond donors (Lipinski definition) is 1. The van der Waals surface area contributed by atoms with E-state index in [0.29, 0.717) is 18.0 Å².